The van der Waals surface area contributed by atoms with Crippen LogP contribution >= 0.6 is 15.9 Å². The van der Waals surface area contributed by atoms with Crippen LogP contribution in [-0.2, 0) is 0 Å². The molecule has 2 heterocycles. The van der Waals surface area contributed by atoms with Gasteiger partial charge in [0.15, 0.2) is 0 Å². The van der Waals surface area contributed by atoms with Crippen LogP contribution in [-0.4, -0.2) is 9.97 Å². The minimum Gasteiger partial charge on any atom is -0.399 e. The number of aromatic nitrogens is 2. The summed E-state index contributed by atoms with van der Waals surface area (Å²) < 4.78 is 0.920. The van der Waals surface area contributed by atoms with Crippen molar-refractivity contribution in [3.8, 4) is 0 Å². The minimum absolute atomic E-state index is 0.129. The van der Waals surface area contributed by atoms with Gasteiger partial charge in [-0.3, -0.25) is 9.97 Å². The third-order valence-corrected chi connectivity index (χ3v) is 3.76. The Bertz CT molecular complexity index is 788. The Labute approximate surface area is 131 Å². The van der Waals surface area contributed by atoms with Gasteiger partial charge in [-0.2, -0.15) is 0 Å². The topological polar surface area (TPSA) is 63.8 Å². The Balaban J connectivity index is 1.94. The second-order valence-corrected chi connectivity index (χ2v) is 5.83. The molecule has 1 aromatic carbocycles. The molecular weight excluding hydrogens is 328 g/mol. The Morgan fingerprint density at radius 3 is 2.86 bits per heavy atom. The van der Waals surface area contributed by atoms with Crippen LogP contribution in [0.4, 0.5) is 11.4 Å². The Morgan fingerprint density at radius 2 is 2.05 bits per heavy atom. The molecule has 2 aromatic heterocycles. The molecule has 3 aromatic rings. The lowest BCUT2D eigenvalue weighted by molar-refractivity contribution is 0.886. The van der Waals surface area contributed by atoms with Crippen LogP contribution in [0.1, 0.15) is 18.5 Å². The molecule has 4 nitrogen and oxygen atoms in total. The fourth-order valence-electron chi connectivity index (χ4n) is 2.27. The van der Waals surface area contributed by atoms with E-state index < -0.39 is 0 Å². The molecule has 0 spiro atoms. The summed E-state index contributed by atoms with van der Waals surface area (Å²) in [5.41, 5.74) is 10.4. The molecule has 0 amide bonds. The van der Waals surface area contributed by atoms with Gasteiger partial charge in [-0.25, -0.2) is 0 Å². The molecule has 0 fully saturated rings. The average molecular weight is 343 g/mol. The summed E-state index contributed by atoms with van der Waals surface area (Å²) in [7, 11) is 0. The number of nitrogens with zero attached hydrogens (tertiary/aromatic N) is 2. The summed E-state index contributed by atoms with van der Waals surface area (Å²) in [6.07, 6.45) is 3.56. The highest BCUT2D eigenvalue weighted by Crippen LogP contribution is 2.26. The van der Waals surface area contributed by atoms with Gasteiger partial charge in [0.2, 0.25) is 0 Å². The van der Waals surface area contributed by atoms with E-state index in [1.807, 2.05) is 30.3 Å². The molecule has 1 atom stereocenters. The molecular formula is C16H15BrN4. The highest BCUT2D eigenvalue weighted by Gasteiger charge is 2.09. The van der Waals surface area contributed by atoms with Crippen molar-refractivity contribution in [3.05, 3.63) is 58.8 Å². The Kier molecular flexibility index (Phi) is 3.75. The van der Waals surface area contributed by atoms with Crippen molar-refractivity contribution in [2.75, 3.05) is 11.1 Å². The van der Waals surface area contributed by atoms with E-state index in [1.54, 1.807) is 12.4 Å². The van der Waals surface area contributed by atoms with Crippen LogP contribution in [0.2, 0.25) is 0 Å². The standard InChI is InChI=1S/C16H15BrN4/c1-10(11-3-2-4-13(18)7-11)21-14-5-6-19-15-8-12(17)9-20-16(14)15/h2-10H,18H2,1H3,(H,19,21). The number of hydrogen-bond donors (Lipinski definition) is 2. The van der Waals surface area contributed by atoms with Gasteiger partial charge in [0.05, 0.1) is 11.2 Å². The second kappa shape index (κ2) is 5.69. The van der Waals surface area contributed by atoms with Crippen molar-refractivity contribution in [3.63, 3.8) is 0 Å². The van der Waals surface area contributed by atoms with E-state index >= 15 is 0 Å². The summed E-state index contributed by atoms with van der Waals surface area (Å²) in [6, 6.07) is 11.9. The van der Waals surface area contributed by atoms with Crippen LogP contribution in [0.3, 0.4) is 0 Å². The van der Waals surface area contributed by atoms with Crippen LogP contribution in [0.15, 0.2) is 53.3 Å². The molecule has 0 aliphatic carbocycles. The minimum atomic E-state index is 0.129. The number of anilines is 2. The summed E-state index contributed by atoms with van der Waals surface area (Å²) in [4.78, 5) is 8.79. The lowest BCUT2D eigenvalue weighted by Crippen LogP contribution is -2.08. The van der Waals surface area contributed by atoms with E-state index in [-0.39, 0.29) is 6.04 Å². The van der Waals surface area contributed by atoms with Crippen molar-refractivity contribution in [1.82, 2.24) is 9.97 Å². The molecule has 21 heavy (non-hydrogen) atoms. The lowest BCUT2D eigenvalue weighted by atomic mass is 10.1. The number of pyridine rings is 2. The van der Waals surface area contributed by atoms with E-state index in [4.69, 9.17) is 5.73 Å². The molecule has 0 bridgehead atoms. The van der Waals surface area contributed by atoms with E-state index in [2.05, 4.69) is 44.2 Å². The first-order valence-electron chi connectivity index (χ1n) is 6.66. The third-order valence-electron chi connectivity index (χ3n) is 3.33. The summed E-state index contributed by atoms with van der Waals surface area (Å²) in [5.74, 6) is 0. The highest BCUT2D eigenvalue weighted by molar-refractivity contribution is 9.10. The predicted molar refractivity (Wildman–Crippen MR) is 90.1 cm³/mol. The van der Waals surface area contributed by atoms with Crippen molar-refractivity contribution >= 4 is 38.3 Å². The van der Waals surface area contributed by atoms with Gasteiger partial charge in [0, 0.05) is 28.6 Å². The Hall–Kier alpha value is -2.14. The zero-order chi connectivity index (χ0) is 14.8. The lowest BCUT2D eigenvalue weighted by Gasteiger charge is -2.17. The number of halogens is 1. The molecule has 5 heteroatoms. The molecule has 0 aliphatic rings. The Morgan fingerprint density at radius 1 is 1.19 bits per heavy atom. The predicted octanol–water partition coefficient (Wildman–Crippen LogP) is 4.15. The van der Waals surface area contributed by atoms with Gasteiger partial charge in [-0.1, -0.05) is 12.1 Å². The van der Waals surface area contributed by atoms with Crippen LogP contribution < -0.4 is 11.1 Å². The SMILES string of the molecule is CC(Nc1ccnc2cc(Br)cnc12)c1cccc(N)c1. The normalized spacial score (nSPS) is 12.3. The summed E-state index contributed by atoms with van der Waals surface area (Å²) in [5, 5.41) is 3.47. The van der Waals surface area contributed by atoms with Crippen molar-refractivity contribution in [2.24, 2.45) is 0 Å². The van der Waals surface area contributed by atoms with E-state index in [9.17, 15) is 0 Å². The fourth-order valence-corrected chi connectivity index (χ4v) is 2.59. The maximum atomic E-state index is 5.84. The van der Waals surface area contributed by atoms with Crippen LogP contribution in [0, 0.1) is 0 Å². The maximum Gasteiger partial charge on any atom is 0.112 e. The monoisotopic (exact) mass is 342 g/mol. The van der Waals surface area contributed by atoms with Gasteiger partial charge in [0.25, 0.3) is 0 Å². The summed E-state index contributed by atoms with van der Waals surface area (Å²) >= 11 is 3.42. The highest BCUT2D eigenvalue weighted by atomic mass is 79.9. The van der Waals surface area contributed by atoms with E-state index in [0.29, 0.717) is 0 Å². The quantitative estimate of drug-likeness (QED) is 0.702. The smallest absolute Gasteiger partial charge is 0.112 e. The average Bonchev–Trinajstić information content (AvgIpc) is 2.47. The van der Waals surface area contributed by atoms with E-state index in [0.717, 1.165) is 32.4 Å². The number of fused-ring (bicyclic) bond motifs is 1. The van der Waals surface area contributed by atoms with E-state index in [1.165, 1.54) is 0 Å². The van der Waals surface area contributed by atoms with Crippen molar-refractivity contribution in [1.29, 1.82) is 0 Å². The third kappa shape index (κ3) is 2.97. The molecule has 106 valence electrons. The zero-order valence-electron chi connectivity index (χ0n) is 11.5. The number of nitrogen functional groups attached to an aromatic ring is 1. The number of rotatable bonds is 3. The van der Waals surface area contributed by atoms with Gasteiger partial charge >= 0.3 is 0 Å². The maximum absolute atomic E-state index is 5.84. The van der Waals surface area contributed by atoms with Gasteiger partial charge in [-0.15, -0.1) is 0 Å². The van der Waals surface area contributed by atoms with Crippen molar-refractivity contribution in [2.45, 2.75) is 13.0 Å². The fraction of sp³-hybridized carbons (Fsp3) is 0.125. The first kappa shape index (κ1) is 13.8. The number of nitrogens with one attached hydrogen (secondary N) is 1. The molecule has 0 saturated heterocycles. The first-order valence-corrected chi connectivity index (χ1v) is 7.45. The van der Waals surface area contributed by atoms with Gasteiger partial charge in [-0.05, 0) is 52.7 Å². The molecule has 0 radical (unpaired) electrons. The summed E-state index contributed by atoms with van der Waals surface area (Å²) in [6.45, 7) is 2.10. The number of hydrogen-bond acceptors (Lipinski definition) is 4. The van der Waals surface area contributed by atoms with Crippen molar-refractivity contribution < 1.29 is 0 Å². The van der Waals surface area contributed by atoms with Crippen LogP contribution in [0.25, 0.3) is 11.0 Å². The second-order valence-electron chi connectivity index (χ2n) is 4.92. The first-order chi connectivity index (χ1) is 10.1. The molecule has 3 rings (SSSR count). The largest absolute Gasteiger partial charge is 0.399 e. The number of nitrogens with two attached hydrogens (primary N) is 1. The van der Waals surface area contributed by atoms with Gasteiger partial charge in [0.1, 0.15) is 5.52 Å². The number of benzene rings is 1. The molecule has 0 saturated carbocycles. The zero-order valence-corrected chi connectivity index (χ0v) is 13.1. The van der Waals surface area contributed by atoms with Gasteiger partial charge < -0.3 is 11.1 Å². The van der Waals surface area contributed by atoms with Crippen LogP contribution in [0.5, 0.6) is 0 Å². The molecule has 0 aliphatic heterocycles. The molecule has 3 N–H and O–H groups in total. The molecule has 1 unspecified atom stereocenters.